The summed E-state index contributed by atoms with van der Waals surface area (Å²) < 4.78 is 128. The summed E-state index contributed by atoms with van der Waals surface area (Å²) in [7, 11) is 16.5. The van der Waals surface area contributed by atoms with Gasteiger partial charge in [0.1, 0.15) is 140 Å². The molecule has 22 N–H and O–H groups in total. The second-order valence-corrected chi connectivity index (χ2v) is 34.4. The minimum Gasteiger partial charge on any atom is -0.479 e. The fourth-order valence-electron chi connectivity index (χ4n) is 17.6. The number of aliphatic hydroxyl groups is 16. The molecule has 46 unspecified atom stereocenters. The van der Waals surface area contributed by atoms with E-state index in [0.717, 1.165) is 40.6 Å². The van der Waals surface area contributed by atoms with Crippen molar-refractivity contribution < 1.29 is 230 Å². The van der Waals surface area contributed by atoms with Crippen LogP contribution in [0.3, 0.4) is 0 Å². The molecular formula is C85H158N2O47. The summed E-state index contributed by atoms with van der Waals surface area (Å²) in [5, 5.41) is 189. The number of amides is 1. The lowest BCUT2D eigenvalue weighted by Gasteiger charge is -2.47. The van der Waals surface area contributed by atoms with E-state index >= 15 is 0 Å². The number of carbonyl (C=O) groups excluding carboxylic acids is 1. The molecule has 790 valence electrons. The number of carboxylic acids is 3. The number of carboxylic acid groups (broad SMARTS) is 3. The number of nitrogens with two attached hydrogens (primary N) is 1. The molecule has 10 heterocycles. The average molecular weight is 1960 g/mol. The fourth-order valence-corrected chi connectivity index (χ4v) is 17.6. The van der Waals surface area contributed by atoms with E-state index in [1.807, 2.05) is 0 Å². The molecule has 10 rings (SSSR count). The zero-order chi connectivity index (χ0) is 102. The van der Waals surface area contributed by atoms with Gasteiger partial charge in [0.05, 0.1) is 118 Å². The van der Waals surface area contributed by atoms with E-state index in [1.54, 1.807) is 63.4 Å². The molecule has 10 fully saturated rings. The molecule has 134 heavy (non-hydrogen) atoms. The first kappa shape index (κ1) is 123. The monoisotopic (exact) mass is 1960 g/mol. The summed E-state index contributed by atoms with van der Waals surface area (Å²) in [6.07, 6.45) is -38.1. The Bertz CT molecular complexity index is 3180. The van der Waals surface area contributed by atoms with Crippen molar-refractivity contribution in [1.82, 2.24) is 5.32 Å². The Morgan fingerprint density at radius 1 is 0.269 bits per heavy atom. The lowest BCUT2D eigenvalue weighted by atomic mass is 9.87. The Balaban J connectivity index is 0.000000334. The van der Waals surface area contributed by atoms with Crippen molar-refractivity contribution in [2.24, 2.45) is 29.4 Å². The third kappa shape index (κ3) is 30.7. The van der Waals surface area contributed by atoms with E-state index in [2.05, 4.69) is 67.6 Å². The number of methoxy groups -OCH3 is 11. The lowest BCUT2D eigenvalue weighted by Crippen LogP contribution is -2.67. The van der Waals surface area contributed by atoms with Crippen molar-refractivity contribution >= 4 is 23.8 Å². The van der Waals surface area contributed by atoms with E-state index in [0.29, 0.717) is 17.8 Å². The highest BCUT2D eigenvalue weighted by Gasteiger charge is 2.58. The van der Waals surface area contributed by atoms with Gasteiger partial charge in [-0.05, 0) is 53.9 Å². The molecule has 49 heteroatoms. The van der Waals surface area contributed by atoms with Crippen LogP contribution in [0.4, 0.5) is 0 Å². The maximum atomic E-state index is 11.5. The molecule has 10 aliphatic rings. The number of nitrogens with one attached hydrogen (secondary N) is 1. The molecule has 0 saturated carbocycles. The molecule has 50 atom stereocenters. The van der Waals surface area contributed by atoms with Crippen molar-refractivity contribution in [2.45, 2.75) is 391 Å². The maximum absolute atomic E-state index is 11.5. The standard InChI is InChI=1S/C16H27NO11.C14H22O13.C14H26O10.3C11H22O3.C8H17NO4/c1-5-8(17-6(2)19)12(9(20)7(4-18)26-5)27-16-11(22)10(21)13(25-3)14(28-16)15(23)24;1-23-7-3(15)6(18)14(27-9(7)11(19)20)25-8-4(16)5(17)13(24-2)26-10(8)12(21)22;1-5-6(3-15)22-14(10(19)8(5)17)24-12-7(4-16)23-13(21-2)11(20)9(12)18;3*1-6-9-11(13-5)10(12-4)7(2)8(3)14-9;1-4-6(9)7(11)8(12-2)5(3-10)13-4/h5,7-14,16,18,20-22H,4H2,1-3H3,(H,17,19)(H,23,24);3-10,13-18H,1-2H3,(H,19,20)(H,21,22);5-20H,3-4H2,1-2H3;3*7-11H,6H2,1-5H3;4-8,10-11H,3,9H2,1-2H3/t5-,7?,8?,9?,10?,11?,12?,13?,14?,16?;;;3*7?,8-,9?,10?,11?;/m1..000./s1. The van der Waals surface area contributed by atoms with Gasteiger partial charge in [-0.15, -0.1) is 0 Å². The predicted octanol–water partition coefficient (Wildman–Crippen LogP) is -6.79. The van der Waals surface area contributed by atoms with Gasteiger partial charge in [-0.25, -0.2) is 14.4 Å². The van der Waals surface area contributed by atoms with Gasteiger partial charge in [-0.1, -0.05) is 48.5 Å². The van der Waals surface area contributed by atoms with Gasteiger partial charge in [0.2, 0.25) is 5.91 Å². The zero-order valence-corrected chi connectivity index (χ0v) is 80.8. The van der Waals surface area contributed by atoms with E-state index in [9.17, 15) is 111 Å². The van der Waals surface area contributed by atoms with Gasteiger partial charge in [-0.3, -0.25) is 4.79 Å². The topological polar surface area (TPSA) is 712 Å². The van der Waals surface area contributed by atoms with E-state index in [-0.39, 0.29) is 86.0 Å². The quantitative estimate of drug-likeness (QED) is 0.0346. The first-order chi connectivity index (χ1) is 63.2. The van der Waals surface area contributed by atoms with E-state index in [4.69, 9.17) is 125 Å². The number of hydrogen-bond acceptors (Lipinski definition) is 45. The Labute approximate surface area is 781 Å². The Hall–Kier alpha value is -3.76. The Morgan fingerprint density at radius 2 is 0.545 bits per heavy atom. The minimum atomic E-state index is -1.86. The molecule has 0 radical (unpaired) electrons. The molecule has 0 aromatic rings. The van der Waals surface area contributed by atoms with Crippen LogP contribution in [0.2, 0.25) is 0 Å². The number of rotatable bonds is 28. The normalized spacial score (nSPS) is 45.6. The van der Waals surface area contributed by atoms with Crippen LogP contribution in [0.25, 0.3) is 0 Å². The Morgan fingerprint density at radius 3 is 0.881 bits per heavy atom. The summed E-state index contributed by atoms with van der Waals surface area (Å²) in [4.78, 5) is 45.7. The van der Waals surface area contributed by atoms with Gasteiger partial charge in [0.25, 0.3) is 0 Å². The van der Waals surface area contributed by atoms with Crippen LogP contribution in [-0.4, -0.2) is 507 Å². The molecule has 49 nitrogen and oxygen atoms in total. The van der Waals surface area contributed by atoms with Crippen molar-refractivity contribution in [2.75, 3.05) is 105 Å². The molecular weight excluding hydrogens is 1800 g/mol. The van der Waals surface area contributed by atoms with Crippen molar-refractivity contribution in [1.29, 1.82) is 0 Å². The number of ether oxygens (including phenoxy) is 24. The predicted molar refractivity (Wildman–Crippen MR) is 457 cm³/mol. The molecule has 0 aromatic heterocycles. The van der Waals surface area contributed by atoms with Crippen LogP contribution in [0.1, 0.15) is 109 Å². The van der Waals surface area contributed by atoms with Crippen LogP contribution in [0.15, 0.2) is 0 Å². The molecule has 0 spiro atoms. The van der Waals surface area contributed by atoms with Crippen LogP contribution in [-0.2, 0) is 133 Å². The third-order valence-electron chi connectivity index (χ3n) is 26.2. The van der Waals surface area contributed by atoms with Gasteiger partial charge < -0.3 is 222 Å². The molecule has 10 saturated heterocycles. The molecule has 0 bridgehead atoms. The smallest absolute Gasteiger partial charge is 0.335 e. The molecule has 0 aromatic carbocycles. The average Bonchev–Trinajstić information content (AvgIpc) is 0.784. The van der Waals surface area contributed by atoms with Gasteiger partial charge in [-0.2, -0.15) is 0 Å². The molecule has 1 amide bonds. The number of hydrogen-bond donors (Lipinski definition) is 21. The Kier molecular flexibility index (Phi) is 53.7. The second-order valence-electron chi connectivity index (χ2n) is 34.4. The third-order valence-corrected chi connectivity index (χ3v) is 26.2. The summed E-state index contributed by atoms with van der Waals surface area (Å²) in [6, 6.07) is -1.36. The van der Waals surface area contributed by atoms with Crippen LogP contribution >= 0.6 is 0 Å². The summed E-state index contributed by atoms with van der Waals surface area (Å²) in [5.74, 6) is -4.39. The number of carbonyl (C=O) groups is 4. The van der Waals surface area contributed by atoms with Crippen LogP contribution in [0, 0.1) is 23.7 Å². The second kappa shape index (κ2) is 58.7. The van der Waals surface area contributed by atoms with Gasteiger partial charge in [0.15, 0.2) is 49.8 Å². The summed E-state index contributed by atoms with van der Waals surface area (Å²) >= 11 is 0. The number of aliphatic hydroxyl groups excluding tert-OH is 16. The SMILES string of the molecule is CCC1O[C@@H](C)C(C)C(OC)C1OC.CCC1O[C@@H](C)C(C)C(OC)C1OC.CCC1O[C@@H](C)C(C)C(OC)C1OC.COC1C(C(=O)O)OC(OC2C(O)C(CO)O[C@H](C)C2NC(C)=O)C(O)C1O.COC1C(CO)OC(C)C(N)C1O.COC1OC(C(=O)O)C(OC2OC(C(=O)O)C(OC)C(O)C2O)C(O)C1O.COC1OC(CO)C(OC2OC(CO)C(C)C(O)C2O)C(O)C1O. The van der Waals surface area contributed by atoms with Gasteiger partial charge in [0, 0.05) is 109 Å². The fraction of sp³-hybridized carbons (Fsp3) is 0.953. The highest BCUT2D eigenvalue weighted by atomic mass is 16.8. The first-order valence-corrected chi connectivity index (χ1v) is 44.8. The summed E-state index contributed by atoms with van der Waals surface area (Å²) in [6.45, 7) is 23.6. The lowest BCUT2D eigenvalue weighted by molar-refractivity contribution is -0.353. The number of aliphatic carboxylic acids is 3. The van der Waals surface area contributed by atoms with Crippen LogP contribution < -0.4 is 11.1 Å². The first-order valence-electron chi connectivity index (χ1n) is 44.8. The van der Waals surface area contributed by atoms with Crippen molar-refractivity contribution in [3.05, 3.63) is 0 Å². The highest BCUT2D eigenvalue weighted by molar-refractivity contribution is 5.75. The van der Waals surface area contributed by atoms with E-state index in [1.165, 1.54) is 21.1 Å². The molecule has 0 aliphatic carbocycles. The largest absolute Gasteiger partial charge is 0.479 e. The molecule has 10 aliphatic heterocycles. The van der Waals surface area contributed by atoms with Gasteiger partial charge >= 0.3 is 17.9 Å². The van der Waals surface area contributed by atoms with Crippen LogP contribution in [0.5, 0.6) is 0 Å². The summed E-state index contributed by atoms with van der Waals surface area (Å²) in [5.41, 5.74) is 5.67. The maximum Gasteiger partial charge on any atom is 0.335 e. The highest BCUT2D eigenvalue weighted by Crippen LogP contribution is 2.39. The zero-order valence-electron chi connectivity index (χ0n) is 80.8. The van der Waals surface area contributed by atoms with Crippen molar-refractivity contribution in [3.8, 4) is 0 Å². The van der Waals surface area contributed by atoms with E-state index < -0.39 is 252 Å². The minimum absolute atomic E-state index is 0.0659. The van der Waals surface area contributed by atoms with Crippen molar-refractivity contribution in [3.63, 3.8) is 0 Å².